The summed E-state index contributed by atoms with van der Waals surface area (Å²) >= 11 is 0. The summed E-state index contributed by atoms with van der Waals surface area (Å²) in [4.78, 5) is 4.17. The van der Waals surface area contributed by atoms with Gasteiger partial charge in [-0.2, -0.15) is 0 Å². The Labute approximate surface area is 164 Å². The van der Waals surface area contributed by atoms with E-state index in [1.165, 1.54) is 32.7 Å². The van der Waals surface area contributed by atoms with Crippen molar-refractivity contribution in [3.63, 3.8) is 0 Å². The van der Waals surface area contributed by atoms with Gasteiger partial charge in [0.2, 0.25) is 0 Å². The molecule has 0 N–H and O–H groups in total. The Morgan fingerprint density at radius 2 is 1.14 bits per heavy atom. The molecule has 0 fully saturated rings. The van der Waals surface area contributed by atoms with Gasteiger partial charge in [0.05, 0.1) is 0 Å². The van der Waals surface area contributed by atoms with E-state index >= 15 is 0 Å². The highest BCUT2D eigenvalue weighted by molar-refractivity contribution is 6.16. The molecule has 1 nitrogen and oxygen atoms in total. The highest BCUT2D eigenvalue weighted by atomic mass is 14.6. The number of benzene rings is 4. The molecule has 4 aromatic carbocycles. The third-order valence-corrected chi connectivity index (χ3v) is 4.99. The number of rotatable bonds is 1. The predicted molar refractivity (Wildman–Crippen MR) is 117 cm³/mol. The lowest BCUT2D eigenvalue weighted by Crippen LogP contribution is -1.90. The van der Waals surface area contributed by atoms with E-state index in [0.717, 1.165) is 11.1 Å². The Morgan fingerprint density at radius 3 is 1.75 bits per heavy atom. The molecular weight excluding hydrogens is 338 g/mol. The number of hydrogen-bond acceptors (Lipinski definition) is 1. The molecule has 0 unspecified atom stereocenters. The summed E-state index contributed by atoms with van der Waals surface area (Å²) in [6.45, 7) is 0. The molecule has 0 amide bonds. The van der Waals surface area contributed by atoms with Crippen LogP contribution in [0.1, 0.15) is 11.1 Å². The van der Waals surface area contributed by atoms with Crippen LogP contribution in [-0.2, 0) is 0 Å². The van der Waals surface area contributed by atoms with Crippen LogP contribution in [0.3, 0.4) is 0 Å². The zero-order valence-electron chi connectivity index (χ0n) is 15.3. The maximum Gasteiger partial charge on any atom is 0.0432 e. The SMILES string of the molecule is C(#Cc1c2ccccc2c(-c2ccccc2)c2ccccc12)c1cccnc1. The minimum atomic E-state index is 0.919. The summed E-state index contributed by atoms with van der Waals surface area (Å²) < 4.78 is 0. The van der Waals surface area contributed by atoms with Crippen LogP contribution in [0.5, 0.6) is 0 Å². The first kappa shape index (κ1) is 16.3. The summed E-state index contributed by atoms with van der Waals surface area (Å²) in [6.07, 6.45) is 3.57. The van der Waals surface area contributed by atoms with E-state index in [2.05, 4.69) is 95.7 Å². The Hall–Kier alpha value is -3.89. The summed E-state index contributed by atoms with van der Waals surface area (Å²) in [5.41, 5.74) is 4.47. The van der Waals surface area contributed by atoms with Gasteiger partial charge >= 0.3 is 0 Å². The number of nitrogens with zero attached hydrogens (tertiary/aromatic N) is 1. The third-order valence-electron chi connectivity index (χ3n) is 4.99. The quantitative estimate of drug-likeness (QED) is 0.248. The summed E-state index contributed by atoms with van der Waals surface area (Å²) in [5, 5.41) is 4.80. The molecule has 1 aromatic heterocycles. The van der Waals surface area contributed by atoms with Crippen molar-refractivity contribution in [2.24, 2.45) is 0 Å². The second-order valence-electron chi connectivity index (χ2n) is 6.70. The number of hydrogen-bond donors (Lipinski definition) is 0. The van der Waals surface area contributed by atoms with Gasteiger partial charge in [0, 0.05) is 23.5 Å². The highest BCUT2D eigenvalue weighted by Crippen LogP contribution is 2.38. The van der Waals surface area contributed by atoms with Crippen molar-refractivity contribution >= 4 is 21.5 Å². The average Bonchev–Trinajstić information content (AvgIpc) is 2.78. The van der Waals surface area contributed by atoms with Gasteiger partial charge in [-0.05, 0) is 44.8 Å². The molecule has 0 spiro atoms. The lowest BCUT2D eigenvalue weighted by atomic mass is 9.88. The van der Waals surface area contributed by atoms with Crippen LogP contribution in [0.25, 0.3) is 32.7 Å². The van der Waals surface area contributed by atoms with Crippen molar-refractivity contribution in [2.75, 3.05) is 0 Å². The van der Waals surface area contributed by atoms with Crippen LogP contribution < -0.4 is 0 Å². The first-order valence-electron chi connectivity index (χ1n) is 9.33. The van der Waals surface area contributed by atoms with Crippen LogP contribution in [0.4, 0.5) is 0 Å². The monoisotopic (exact) mass is 355 g/mol. The van der Waals surface area contributed by atoms with Gasteiger partial charge in [0.15, 0.2) is 0 Å². The maximum absolute atomic E-state index is 4.17. The molecule has 1 heteroatoms. The van der Waals surface area contributed by atoms with Gasteiger partial charge in [0.25, 0.3) is 0 Å². The fourth-order valence-corrected chi connectivity index (χ4v) is 3.75. The van der Waals surface area contributed by atoms with Crippen LogP contribution in [-0.4, -0.2) is 4.98 Å². The predicted octanol–water partition coefficient (Wildman–Crippen LogP) is 6.45. The van der Waals surface area contributed by atoms with Crippen molar-refractivity contribution in [3.8, 4) is 23.0 Å². The largest absolute Gasteiger partial charge is 0.263 e. The number of aromatic nitrogens is 1. The van der Waals surface area contributed by atoms with Crippen LogP contribution in [0.2, 0.25) is 0 Å². The van der Waals surface area contributed by atoms with Crippen molar-refractivity contribution in [1.82, 2.24) is 4.98 Å². The molecular formula is C27H17N. The molecule has 28 heavy (non-hydrogen) atoms. The third kappa shape index (κ3) is 2.82. The Bertz CT molecular complexity index is 1280. The van der Waals surface area contributed by atoms with E-state index in [0.29, 0.717) is 0 Å². The Morgan fingerprint density at radius 1 is 0.536 bits per heavy atom. The second-order valence-corrected chi connectivity index (χ2v) is 6.70. The van der Waals surface area contributed by atoms with E-state index in [1.54, 1.807) is 12.4 Å². The van der Waals surface area contributed by atoms with Crippen molar-refractivity contribution in [1.29, 1.82) is 0 Å². The molecule has 5 aromatic rings. The molecule has 0 aliphatic rings. The molecule has 1 heterocycles. The topological polar surface area (TPSA) is 12.9 Å². The Balaban J connectivity index is 1.89. The van der Waals surface area contributed by atoms with Gasteiger partial charge in [-0.15, -0.1) is 0 Å². The van der Waals surface area contributed by atoms with Crippen molar-refractivity contribution < 1.29 is 0 Å². The zero-order valence-corrected chi connectivity index (χ0v) is 15.3. The molecule has 0 aliphatic carbocycles. The minimum absolute atomic E-state index is 0.919. The summed E-state index contributed by atoms with van der Waals surface area (Å²) in [7, 11) is 0. The minimum Gasteiger partial charge on any atom is -0.263 e. The molecule has 0 atom stereocenters. The van der Waals surface area contributed by atoms with Gasteiger partial charge < -0.3 is 0 Å². The van der Waals surface area contributed by atoms with E-state index in [9.17, 15) is 0 Å². The Kier molecular flexibility index (Phi) is 4.09. The number of fused-ring (bicyclic) bond motifs is 2. The highest BCUT2D eigenvalue weighted by Gasteiger charge is 2.13. The van der Waals surface area contributed by atoms with Crippen molar-refractivity contribution in [3.05, 3.63) is 115 Å². The molecule has 5 rings (SSSR count). The fraction of sp³-hybridized carbons (Fsp3) is 0. The van der Waals surface area contributed by atoms with E-state index in [-0.39, 0.29) is 0 Å². The van der Waals surface area contributed by atoms with Crippen LogP contribution in [0, 0.1) is 11.8 Å². The average molecular weight is 355 g/mol. The zero-order chi connectivity index (χ0) is 18.8. The molecule has 0 saturated heterocycles. The van der Waals surface area contributed by atoms with Crippen molar-refractivity contribution in [2.45, 2.75) is 0 Å². The first-order valence-corrected chi connectivity index (χ1v) is 9.33. The van der Waals surface area contributed by atoms with Gasteiger partial charge in [-0.3, -0.25) is 4.98 Å². The molecule has 130 valence electrons. The van der Waals surface area contributed by atoms with Crippen LogP contribution >= 0.6 is 0 Å². The smallest absolute Gasteiger partial charge is 0.0432 e. The molecule has 0 radical (unpaired) electrons. The van der Waals surface area contributed by atoms with E-state index in [1.807, 2.05) is 12.1 Å². The molecule has 0 aliphatic heterocycles. The summed E-state index contributed by atoms with van der Waals surface area (Å²) in [6, 6.07) is 31.6. The van der Waals surface area contributed by atoms with Gasteiger partial charge in [-0.25, -0.2) is 0 Å². The lowest BCUT2D eigenvalue weighted by molar-refractivity contribution is 1.31. The summed E-state index contributed by atoms with van der Waals surface area (Å²) in [5.74, 6) is 6.73. The number of pyridine rings is 1. The van der Waals surface area contributed by atoms with Gasteiger partial charge in [-0.1, -0.05) is 90.7 Å². The van der Waals surface area contributed by atoms with E-state index < -0.39 is 0 Å². The molecule has 0 saturated carbocycles. The maximum atomic E-state index is 4.17. The molecule has 0 bridgehead atoms. The van der Waals surface area contributed by atoms with Crippen LogP contribution in [0.15, 0.2) is 103 Å². The lowest BCUT2D eigenvalue weighted by Gasteiger charge is -2.14. The van der Waals surface area contributed by atoms with E-state index in [4.69, 9.17) is 0 Å². The second kappa shape index (κ2) is 7.02. The first-order chi connectivity index (χ1) is 13.9. The normalized spacial score (nSPS) is 10.6. The van der Waals surface area contributed by atoms with Gasteiger partial charge in [0.1, 0.15) is 0 Å². The fourth-order valence-electron chi connectivity index (χ4n) is 3.75. The standard InChI is InChI=1S/C27H17N/c1-2-10-21(11-3-1)27-25-14-6-4-12-22(25)24(23-13-5-7-15-26(23)27)17-16-20-9-8-18-28-19-20/h1-15,18-19H.